The van der Waals surface area contributed by atoms with Crippen LogP contribution in [-0.2, 0) is 11.2 Å². The lowest BCUT2D eigenvalue weighted by molar-refractivity contribution is 0.129. The van der Waals surface area contributed by atoms with E-state index in [0.29, 0.717) is 18.0 Å². The highest BCUT2D eigenvalue weighted by Crippen LogP contribution is 2.21. The molecule has 2 aromatic carbocycles. The van der Waals surface area contributed by atoms with E-state index in [1.165, 1.54) is 0 Å². The number of benzene rings is 2. The van der Waals surface area contributed by atoms with Gasteiger partial charge in [0.1, 0.15) is 11.5 Å². The molecule has 9 heteroatoms. The average Bonchev–Trinajstić information content (AvgIpc) is 3.19. The van der Waals surface area contributed by atoms with Gasteiger partial charge in [0.15, 0.2) is 5.82 Å². The Kier molecular flexibility index (Phi) is 6.45. The molecule has 0 bridgehead atoms. The van der Waals surface area contributed by atoms with Crippen molar-refractivity contribution in [2.75, 3.05) is 17.2 Å². The third-order valence-electron chi connectivity index (χ3n) is 4.49. The Balaban J connectivity index is 1.35. The molecule has 4 aromatic rings. The third-order valence-corrected chi connectivity index (χ3v) is 4.49. The number of aromatic nitrogens is 4. The van der Waals surface area contributed by atoms with Crippen LogP contribution in [0.3, 0.4) is 0 Å². The molecule has 0 unspecified atom stereocenters. The number of carbonyl (C=O) groups is 1. The molecule has 0 aliphatic carbocycles. The first-order valence-electron chi connectivity index (χ1n) is 10.3. The van der Waals surface area contributed by atoms with Crippen LogP contribution in [0.2, 0.25) is 0 Å². The molecule has 0 atom stereocenters. The number of hydrogen-bond acceptors (Lipinski definition) is 7. The number of amides is 1. The quantitative estimate of drug-likeness (QED) is 0.422. The molecule has 0 saturated carbocycles. The maximum absolute atomic E-state index is 11.9. The summed E-state index contributed by atoms with van der Waals surface area (Å²) in [6, 6.07) is 17.7. The van der Waals surface area contributed by atoms with E-state index in [9.17, 15) is 4.79 Å². The number of para-hydroxylation sites is 1. The van der Waals surface area contributed by atoms with Gasteiger partial charge < -0.3 is 14.8 Å². The van der Waals surface area contributed by atoms with Crippen LogP contribution in [0.25, 0.3) is 5.65 Å². The van der Waals surface area contributed by atoms with Crippen molar-refractivity contribution in [1.82, 2.24) is 19.6 Å². The van der Waals surface area contributed by atoms with Gasteiger partial charge in [-0.15, -0.1) is 10.2 Å². The molecule has 2 heterocycles. The molecule has 9 nitrogen and oxygen atoms in total. The van der Waals surface area contributed by atoms with E-state index in [4.69, 9.17) is 9.47 Å². The van der Waals surface area contributed by atoms with Gasteiger partial charge in [-0.1, -0.05) is 30.3 Å². The molecule has 0 aliphatic rings. The van der Waals surface area contributed by atoms with Gasteiger partial charge in [0, 0.05) is 18.9 Å². The SMILES string of the molecule is CC(C)OC(=O)Nc1nnc2c(NCCc3ccc(Oc4ccccc4)cc3)nccn12. The molecule has 2 aromatic heterocycles. The summed E-state index contributed by atoms with van der Waals surface area (Å²) in [7, 11) is 0. The fraction of sp³-hybridized carbons (Fsp3) is 0.217. The molecule has 0 fully saturated rings. The van der Waals surface area contributed by atoms with E-state index in [0.717, 1.165) is 23.5 Å². The van der Waals surface area contributed by atoms with Crippen molar-refractivity contribution in [2.45, 2.75) is 26.4 Å². The average molecular weight is 432 g/mol. The Labute approximate surface area is 185 Å². The topological polar surface area (TPSA) is 103 Å². The fourth-order valence-corrected chi connectivity index (χ4v) is 3.05. The highest BCUT2D eigenvalue weighted by Gasteiger charge is 2.14. The maximum atomic E-state index is 11.9. The second-order valence-electron chi connectivity index (χ2n) is 7.31. The van der Waals surface area contributed by atoms with E-state index in [-0.39, 0.29) is 12.1 Å². The smallest absolute Gasteiger partial charge is 0.414 e. The lowest BCUT2D eigenvalue weighted by Gasteiger charge is -2.09. The molecule has 0 saturated heterocycles. The van der Waals surface area contributed by atoms with E-state index >= 15 is 0 Å². The lowest BCUT2D eigenvalue weighted by atomic mass is 10.1. The summed E-state index contributed by atoms with van der Waals surface area (Å²) < 4.78 is 12.6. The molecule has 32 heavy (non-hydrogen) atoms. The molecule has 0 aliphatic heterocycles. The molecular weight excluding hydrogens is 408 g/mol. The van der Waals surface area contributed by atoms with Crippen molar-refractivity contribution < 1.29 is 14.3 Å². The van der Waals surface area contributed by atoms with E-state index in [1.54, 1.807) is 30.6 Å². The van der Waals surface area contributed by atoms with Crippen molar-refractivity contribution in [1.29, 1.82) is 0 Å². The summed E-state index contributed by atoms with van der Waals surface area (Å²) >= 11 is 0. The number of hydrogen-bond donors (Lipinski definition) is 2. The van der Waals surface area contributed by atoms with Crippen molar-refractivity contribution in [3.63, 3.8) is 0 Å². The fourth-order valence-electron chi connectivity index (χ4n) is 3.05. The number of anilines is 2. The Hall–Kier alpha value is -4.14. The predicted octanol–water partition coefficient (Wildman–Crippen LogP) is 4.53. The first-order chi connectivity index (χ1) is 15.6. The summed E-state index contributed by atoms with van der Waals surface area (Å²) in [6.07, 6.45) is 3.27. The Morgan fingerprint density at radius 2 is 1.78 bits per heavy atom. The molecule has 1 amide bonds. The van der Waals surface area contributed by atoms with Crippen LogP contribution in [0.4, 0.5) is 16.6 Å². The number of carbonyl (C=O) groups excluding carboxylic acids is 1. The van der Waals surface area contributed by atoms with Crippen molar-refractivity contribution >= 4 is 23.5 Å². The van der Waals surface area contributed by atoms with Gasteiger partial charge in [-0.05, 0) is 50.1 Å². The molecule has 4 rings (SSSR count). The van der Waals surface area contributed by atoms with Crippen LogP contribution in [-0.4, -0.2) is 38.3 Å². The minimum Gasteiger partial charge on any atom is -0.457 e. The first kappa shape index (κ1) is 21.1. The van der Waals surface area contributed by atoms with Crippen LogP contribution in [0.1, 0.15) is 19.4 Å². The molecule has 164 valence electrons. The highest BCUT2D eigenvalue weighted by atomic mass is 16.6. The molecule has 0 radical (unpaired) electrons. The Bertz CT molecular complexity index is 1180. The van der Waals surface area contributed by atoms with Gasteiger partial charge in [0.2, 0.25) is 11.6 Å². The number of nitrogens with one attached hydrogen (secondary N) is 2. The summed E-state index contributed by atoms with van der Waals surface area (Å²) in [4.78, 5) is 16.2. The van der Waals surface area contributed by atoms with Gasteiger partial charge in [-0.2, -0.15) is 0 Å². The number of rotatable bonds is 8. The molecule has 0 spiro atoms. The van der Waals surface area contributed by atoms with Gasteiger partial charge in [-0.3, -0.25) is 9.72 Å². The molecular formula is C23H24N6O3. The van der Waals surface area contributed by atoms with Crippen LogP contribution >= 0.6 is 0 Å². The Morgan fingerprint density at radius 3 is 2.53 bits per heavy atom. The highest BCUT2D eigenvalue weighted by molar-refractivity contribution is 5.83. The van der Waals surface area contributed by atoms with Gasteiger partial charge >= 0.3 is 6.09 Å². The Morgan fingerprint density at radius 1 is 1.03 bits per heavy atom. The van der Waals surface area contributed by atoms with Crippen LogP contribution in [0, 0.1) is 0 Å². The van der Waals surface area contributed by atoms with Gasteiger partial charge in [0.05, 0.1) is 6.10 Å². The monoisotopic (exact) mass is 432 g/mol. The van der Waals surface area contributed by atoms with E-state index in [1.807, 2.05) is 54.6 Å². The summed E-state index contributed by atoms with van der Waals surface area (Å²) in [5.74, 6) is 2.44. The van der Waals surface area contributed by atoms with Crippen molar-refractivity contribution in [3.05, 3.63) is 72.6 Å². The van der Waals surface area contributed by atoms with E-state index in [2.05, 4.69) is 25.8 Å². The second kappa shape index (κ2) is 9.78. The zero-order valence-corrected chi connectivity index (χ0v) is 17.9. The van der Waals surface area contributed by atoms with Crippen molar-refractivity contribution in [2.24, 2.45) is 0 Å². The normalized spacial score (nSPS) is 10.8. The minimum atomic E-state index is -0.583. The zero-order chi connectivity index (χ0) is 22.3. The van der Waals surface area contributed by atoms with Crippen molar-refractivity contribution in [3.8, 4) is 11.5 Å². The summed E-state index contributed by atoms with van der Waals surface area (Å²) in [5, 5.41) is 14.0. The standard InChI is InChI=1S/C23H24N6O3/c1-16(2)31-23(30)26-22-28-27-21-20(25-14-15-29(21)22)24-13-12-17-8-10-19(11-9-17)32-18-6-4-3-5-7-18/h3-11,14-16H,12-13H2,1-2H3,(H,24,25)(H,26,28,30). The van der Waals surface area contributed by atoms with E-state index < -0.39 is 6.09 Å². The number of ether oxygens (including phenoxy) is 2. The maximum Gasteiger partial charge on any atom is 0.414 e. The zero-order valence-electron chi connectivity index (χ0n) is 17.9. The lowest BCUT2D eigenvalue weighted by Crippen LogP contribution is -2.19. The predicted molar refractivity (Wildman–Crippen MR) is 121 cm³/mol. The first-order valence-corrected chi connectivity index (χ1v) is 10.3. The van der Waals surface area contributed by atoms with Gasteiger partial charge in [0.25, 0.3) is 0 Å². The number of fused-ring (bicyclic) bond motifs is 1. The second-order valence-corrected chi connectivity index (χ2v) is 7.31. The van der Waals surface area contributed by atoms with Gasteiger partial charge in [-0.25, -0.2) is 9.78 Å². The third kappa shape index (κ3) is 5.31. The van der Waals surface area contributed by atoms with Crippen LogP contribution in [0.5, 0.6) is 11.5 Å². The largest absolute Gasteiger partial charge is 0.457 e. The van der Waals surface area contributed by atoms with Crippen LogP contribution < -0.4 is 15.4 Å². The minimum absolute atomic E-state index is 0.230. The number of nitrogens with zero attached hydrogens (tertiary/aromatic N) is 4. The molecule has 2 N–H and O–H groups in total. The van der Waals surface area contributed by atoms with Crippen LogP contribution in [0.15, 0.2) is 67.0 Å². The summed E-state index contributed by atoms with van der Waals surface area (Å²) in [5.41, 5.74) is 1.67. The summed E-state index contributed by atoms with van der Waals surface area (Å²) in [6.45, 7) is 4.20.